The van der Waals surface area contributed by atoms with Gasteiger partial charge >= 0.3 is 0 Å². The number of hydrogen-bond acceptors (Lipinski definition) is 4. The van der Waals surface area contributed by atoms with Crippen molar-refractivity contribution in [1.82, 2.24) is 10.0 Å². The molecule has 0 radical (unpaired) electrons. The van der Waals surface area contributed by atoms with E-state index in [1.54, 1.807) is 11.8 Å². The predicted molar refractivity (Wildman–Crippen MR) is 79.8 cm³/mol. The van der Waals surface area contributed by atoms with Crippen LogP contribution in [0.25, 0.3) is 0 Å². The zero-order valence-electron chi connectivity index (χ0n) is 11.7. The summed E-state index contributed by atoms with van der Waals surface area (Å²) in [5.74, 6) is -0.102. The highest BCUT2D eigenvalue weighted by molar-refractivity contribution is 7.99. The molecule has 2 rings (SSSR count). The SMILES string of the molecule is CNCc1c(F)ccc(S(=O)(=O)NC2CCCSC2)c1F. The first-order chi connectivity index (χ1) is 9.95. The molecule has 1 saturated heterocycles. The molecule has 1 fully saturated rings. The summed E-state index contributed by atoms with van der Waals surface area (Å²) in [6.45, 7) is -0.0691. The van der Waals surface area contributed by atoms with Crippen molar-refractivity contribution in [3.05, 3.63) is 29.3 Å². The van der Waals surface area contributed by atoms with Gasteiger partial charge in [0.1, 0.15) is 10.7 Å². The fourth-order valence-electron chi connectivity index (χ4n) is 2.24. The number of sulfonamides is 1. The first-order valence-electron chi connectivity index (χ1n) is 6.67. The lowest BCUT2D eigenvalue weighted by atomic mass is 10.2. The van der Waals surface area contributed by atoms with E-state index in [-0.39, 0.29) is 18.2 Å². The molecule has 4 nitrogen and oxygen atoms in total. The van der Waals surface area contributed by atoms with Crippen molar-refractivity contribution >= 4 is 21.8 Å². The second kappa shape index (κ2) is 7.04. The minimum atomic E-state index is -3.98. The number of halogens is 2. The number of benzene rings is 1. The van der Waals surface area contributed by atoms with Crippen molar-refractivity contribution in [2.75, 3.05) is 18.6 Å². The predicted octanol–water partition coefficient (Wildman–Crippen LogP) is 1.86. The van der Waals surface area contributed by atoms with Crippen molar-refractivity contribution in [2.45, 2.75) is 30.3 Å². The van der Waals surface area contributed by atoms with Crippen molar-refractivity contribution < 1.29 is 17.2 Å². The molecule has 1 unspecified atom stereocenters. The number of rotatable bonds is 5. The summed E-state index contributed by atoms with van der Waals surface area (Å²) >= 11 is 1.67. The quantitative estimate of drug-likeness (QED) is 0.862. The van der Waals surface area contributed by atoms with E-state index in [1.165, 1.54) is 7.05 Å². The second-order valence-electron chi connectivity index (χ2n) is 4.90. The van der Waals surface area contributed by atoms with E-state index in [2.05, 4.69) is 10.0 Å². The molecule has 0 amide bonds. The summed E-state index contributed by atoms with van der Waals surface area (Å²) in [4.78, 5) is -0.496. The Kier molecular flexibility index (Phi) is 5.59. The fraction of sp³-hybridized carbons (Fsp3) is 0.538. The Bertz CT molecular complexity index is 602. The number of nitrogens with one attached hydrogen (secondary N) is 2. The Morgan fingerprint density at radius 1 is 1.38 bits per heavy atom. The van der Waals surface area contributed by atoms with Crippen LogP contribution < -0.4 is 10.0 Å². The Balaban J connectivity index is 2.29. The van der Waals surface area contributed by atoms with Crippen LogP contribution in [0.3, 0.4) is 0 Å². The van der Waals surface area contributed by atoms with Crippen molar-refractivity contribution in [3.63, 3.8) is 0 Å². The van der Waals surface area contributed by atoms with Crippen LogP contribution in [-0.4, -0.2) is 33.0 Å². The minimum Gasteiger partial charge on any atom is -0.315 e. The van der Waals surface area contributed by atoms with E-state index >= 15 is 0 Å². The summed E-state index contributed by atoms with van der Waals surface area (Å²) in [6.07, 6.45) is 1.66. The molecule has 0 saturated carbocycles. The molecule has 8 heteroatoms. The van der Waals surface area contributed by atoms with Crippen LogP contribution in [0.15, 0.2) is 17.0 Å². The van der Waals surface area contributed by atoms with E-state index in [0.717, 1.165) is 30.7 Å². The van der Waals surface area contributed by atoms with E-state index in [1.807, 2.05) is 0 Å². The van der Waals surface area contributed by atoms with Gasteiger partial charge in [-0.3, -0.25) is 0 Å². The van der Waals surface area contributed by atoms with Crippen LogP contribution in [0.2, 0.25) is 0 Å². The van der Waals surface area contributed by atoms with Gasteiger partial charge in [-0.2, -0.15) is 11.8 Å². The monoisotopic (exact) mass is 336 g/mol. The van der Waals surface area contributed by atoms with Crippen LogP contribution in [-0.2, 0) is 16.6 Å². The smallest absolute Gasteiger partial charge is 0.243 e. The zero-order valence-corrected chi connectivity index (χ0v) is 13.3. The van der Waals surface area contributed by atoms with Gasteiger partial charge in [0.25, 0.3) is 0 Å². The number of thioether (sulfide) groups is 1. The highest BCUT2D eigenvalue weighted by Crippen LogP contribution is 2.23. The van der Waals surface area contributed by atoms with Crippen molar-refractivity contribution in [3.8, 4) is 0 Å². The summed E-state index contributed by atoms with van der Waals surface area (Å²) in [5, 5.41) is 2.63. The molecular formula is C13H18F2N2O2S2. The van der Waals surface area contributed by atoms with Gasteiger partial charge < -0.3 is 5.32 Å². The number of hydrogen-bond donors (Lipinski definition) is 2. The Hall–Kier alpha value is -0.700. The maximum atomic E-state index is 14.3. The zero-order chi connectivity index (χ0) is 15.5. The van der Waals surface area contributed by atoms with Crippen LogP contribution in [0.4, 0.5) is 8.78 Å². The maximum Gasteiger partial charge on any atom is 0.243 e. The summed E-state index contributed by atoms with van der Waals surface area (Å²) in [5.41, 5.74) is -0.265. The lowest BCUT2D eigenvalue weighted by Gasteiger charge is -2.22. The molecule has 0 aromatic heterocycles. The molecule has 0 bridgehead atoms. The molecule has 1 heterocycles. The average molecular weight is 336 g/mol. The maximum absolute atomic E-state index is 14.3. The van der Waals surface area contributed by atoms with E-state index in [0.29, 0.717) is 5.75 Å². The molecule has 118 valence electrons. The van der Waals surface area contributed by atoms with Gasteiger partial charge in [-0.1, -0.05) is 0 Å². The Labute approximate surface area is 127 Å². The molecular weight excluding hydrogens is 318 g/mol. The molecule has 1 atom stereocenters. The molecule has 1 aliphatic heterocycles. The van der Waals surface area contributed by atoms with Crippen LogP contribution >= 0.6 is 11.8 Å². The van der Waals surface area contributed by atoms with Crippen LogP contribution in [0.1, 0.15) is 18.4 Å². The first kappa shape index (κ1) is 16.7. The van der Waals surface area contributed by atoms with Gasteiger partial charge in [0.2, 0.25) is 10.0 Å². The Morgan fingerprint density at radius 2 is 2.14 bits per heavy atom. The molecule has 2 N–H and O–H groups in total. The van der Waals surface area contributed by atoms with Gasteiger partial charge in [-0.05, 0) is 37.8 Å². The molecule has 1 aromatic carbocycles. The second-order valence-corrected chi connectivity index (χ2v) is 7.74. The third-order valence-electron chi connectivity index (χ3n) is 3.28. The van der Waals surface area contributed by atoms with Gasteiger partial charge in [0.05, 0.1) is 0 Å². The first-order valence-corrected chi connectivity index (χ1v) is 9.31. The van der Waals surface area contributed by atoms with E-state index in [4.69, 9.17) is 0 Å². The van der Waals surface area contributed by atoms with Crippen molar-refractivity contribution in [2.24, 2.45) is 0 Å². The molecule has 1 aromatic rings. The van der Waals surface area contributed by atoms with Crippen LogP contribution in [0.5, 0.6) is 0 Å². The molecule has 1 aliphatic rings. The third-order valence-corrected chi connectivity index (χ3v) is 6.03. The standard InChI is InChI=1S/C13H18F2N2O2S2/c1-16-7-10-11(14)4-5-12(13(10)15)21(18,19)17-9-3-2-6-20-8-9/h4-5,9,16-17H,2-3,6-8H2,1H3. The highest BCUT2D eigenvalue weighted by atomic mass is 32.2. The lowest BCUT2D eigenvalue weighted by molar-refractivity contribution is 0.510. The minimum absolute atomic E-state index is 0.0691. The molecule has 0 spiro atoms. The normalized spacial score (nSPS) is 19.7. The van der Waals surface area contributed by atoms with Gasteiger partial charge in [-0.25, -0.2) is 21.9 Å². The van der Waals surface area contributed by atoms with Crippen molar-refractivity contribution in [1.29, 1.82) is 0 Å². The third kappa shape index (κ3) is 3.94. The molecule has 0 aliphatic carbocycles. The average Bonchev–Trinajstić information content (AvgIpc) is 2.43. The van der Waals surface area contributed by atoms with E-state index < -0.39 is 26.6 Å². The summed E-state index contributed by atoms with van der Waals surface area (Å²) in [6, 6.07) is 1.76. The molecule has 21 heavy (non-hydrogen) atoms. The van der Waals surface area contributed by atoms with Gasteiger partial charge in [-0.15, -0.1) is 0 Å². The Morgan fingerprint density at radius 3 is 2.76 bits per heavy atom. The topological polar surface area (TPSA) is 58.2 Å². The highest BCUT2D eigenvalue weighted by Gasteiger charge is 2.27. The fourth-order valence-corrected chi connectivity index (χ4v) is 4.79. The van der Waals surface area contributed by atoms with Crippen LogP contribution in [0, 0.1) is 11.6 Å². The lowest BCUT2D eigenvalue weighted by Crippen LogP contribution is -2.38. The van der Waals surface area contributed by atoms with Gasteiger partial charge in [0, 0.05) is 23.9 Å². The largest absolute Gasteiger partial charge is 0.315 e. The van der Waals surface area contributed by atoms with Gasteiger partial charge in [0.15, 0.2) is 5.82 Å². The summed E-state index contributed by atoms with van der Waals surface area (Å²) < 4.78 is 54.9. The van der Waals surface area contributed by atoms with E-state index in [9.17, 15) is 17.2 Å². The summed E-state index contributed by atoms with van der Waals surface area (Å²) in [7, 11) is -2.44.